The van der Waals surface area contributed by atoms with Gasteiger partial charge in [-0.15, -0.1) is 0 Å². The molecule has 0 aliphatic carbocycles. The molecule has 0 saturated heterocycles. The summed E-state index contributed by atoms with van der Waals surface area (Å²) in [6, 6.07) is 4.48. The smallest absolute Gasteiger partial charge is 0.294 e. The molecule has 0 saturated carbocycles. The molecule has 0 unspecified atom stereocenters. The number of urea groups is 1. The zero-order valence-electron chi connectivity index (χ0n) is 8.36. The molecule has 0 fully saturated rings. The Morgan fingerprint density at radius 2 is 2.00 bits per heavy atom. The van der Waals surface area contributed by atoms with Crippen LogP contribution < -0.4 is 10.7 Å². The summed E-state index contributed by atoms with van der Waals surface area (Å²) in [6.07, 6.45) is 1.33. The first-order valence-electron chi connectivity index (χ1n) is 4.85. The van der Waals surface area contributed by atoms with Crippen molar-refractivity contribution >= 4 is 11.8 Å². The van der Waals surface area contributed by atoms with Gasteiger partial charge in [-0.1, -0.05) is 6.92 Å². The van der Waals surface area contributed by atoms with Gasteiger partial charge in [0.15, 0.2) is 5.78 Å². The first-order valence-corrected chi connectivity index (χ1v) is 4.85. The predicted octanol–water partition coefficient (Wildman–Crippen LogP) is 1.04. The van der Waals surface area contributed by atoms with Gasteiger partial charge >= 0.3 is 6.03 Å². The summed E-state index contributed by atoms with van der Waals surface area (Å²) in [5.74, 6) is 0.0786. The lowest BCUT2D eigenvalue weighted by Crippen LogP contribution is -2.22. The summed E-state index contributed by atoms with van der Waals surface area (Å²) in [5.41, 5.74) is 0.601. The zero-order valence-corrected chi connectivity index (χ0v) is 8.36. The Bertz CT molecular complexity index is 546. The van der Waals surface area contributed by atoms with Crippen LogP contribution >= 0.6 is 0 Å². The molecule has 2 amide bonds. The Balaban J connectivity index is 2.45. The third kappa shape index (κ3) is 1.83. The zero-order chi connectivity index (χ0) is 10.8. The van der Waals surface area contributed by atoms with Crippen molar-refractivity contribution in [2.75, 3.05) is 0 Å². The van der Waals surface area contributed by atoms with E-state index in [2.05, 4.69) is 9.98 Å². The Labute approximate surface area is 86.4 Å². The van der Waals surface area contributed by atoms with Gasteiger partial charge in [-0.3, -0.25) is 4.79 Å². The third-order valence-electron chi connectivity index (χ3n) is 2.21. The number of nitrogens with zero attached hydrogens (tertiary/aromatic N) is 2. The van der Waals surface area contributed by atoms with Crippen molar-refractivity contribution < 1.29 is 9.59 Å². The van der Waals surface area contributed by atoms with Gasteiger partial charge in [0.05, 0.1) is 10.7 Å². The molecule has 0 N–H and O–H groups in total. The lowest BCUT2D eigenvalue weighted by molar-refractivity contribution is 0.0981. The standard InChI is InChI=1S/C11H10N2O2/c1-2-3-10(14)7-4-5-8-9(6-7)13-11(15)12-8/h4-6H,2-3H2,1H3. The number of carbonyl (C=O) groups is 2. The van der Waals surface area contributed by atoms with E-state index in [9.17, 15) is 9.59 Å². The summed E-state index contributed by atoms with van der Waals surface area (Å²) in [7, 11) is 0. The van der Waals surface area contributed by atoms with Crippen molar-refractivity contribution in [2.45, 2.75) is 19.8 Å². The summed E-state index contributed by atoms with van der Waals surface area (Å²) < 4.78 is 0. The number of hydrogen-bond acceptors (Lipinski definition) is 2. The first kappa shape index (κ1) is 9.71. The number of rotatable bonds is 3. The number of hydrogen-bond donors (Lipinski definition) is 0. The summed E-state index contributed by atoms with van der Waals surface area (Å²) in [6.45, 7) is 1.95. The van der Waals surface area contributed by atoms with Crippen LogP contribution in [0, 0.1) is 0 Å². The number of carbonyl (C=O) groups excluding carboxylic acids is 2. The maximum Gasteiger partial charge on any atom is 0.368 e. The first-order chi connectivity index (χ1) is 7.20. The number of ketones is 1. The molecule has 2 rings (SSSR count). The Morgan fingerprint density at radius 3 is 2.73 bits per heavy atom. The lowest BCUT2D eigenvalue weighted by Gasteiger charge is -1.96. The van der Waals surface area contributed by atoms with E-state index >= 15 is 0 Å². The highest BCUT2D eigenvalue weighted by molar-refractivity contribution is 5.96. The van der Waals surface area contributed by atoms with Gasteiger partial charge in [-0.25, -0.2) is 4.79 Å². The number of amides is 2. The predicted molar refractivity (Wildman–Crippen MR) is 53.4 cm³/mol. The van der Waals surface area contributed by atoms with Crippen LogP contribution in [0.4, 0.5) is 4.79 Å². The van der Waals surface area contributed by atoms with Gasteiger partial charge in [0, 0.05) is 12.0 Å². The molecular weight excluding hydrogens is 192 g/mol. The molecular formula is C11H10N2O2. The Hall–Kier alpha value is -1.84. The normalized spacial score (nSPS) is 13.0. The maximum atomic E-state index is 11.6. The molecule has 0 atom stereocenters. The molecule has 4 nitrogen and oxygen atoms in total. The SMILES string of the molecule is CCCC(=O)c1ccc2c(c1)=NC(=O)N=2. The molecule has 0 spiro atoms. The molecule has 4 heteroatoms. The highest BCUT2D eigenvalue weighted by atomic mass is 16.2. The van der Waals surface area contributed by atoms with Gasteiger partial charge in [-0.05, 0) is 24.6 Å². The van der Waals surface area contributed by atoms with Crippen molar-refractivity contribution in [2.24, 2.45) is 9.98 Å². The monoisotopic (exact) mass is 202 g/mol. The number of benzene rings is 1. The second-order valence-electron chi connectivity index (χ2n) is 3.38. The van der Waals surface area contributed by atoms with Gasteiger partial charge in [-0.2, -0.15) is 9.98 Å². The summed E-state index contributed by atoms with van der Waals surface area (Å²) in [4.78, 5) is 29.8. The molecule has 0 aromatic heterocycles. The fourth-order valence-corrected chi connectivity index (χ4v) is 1.48. The van der Waals surface area contributed by atoms with Gasteiger partial charge in [0.1, 0.15) is 0 Å². The lowest BCUT2D eigenvalue weighted by atomic mass is 10.1. The molecule has 1 heterocycles. The van der Waals surface area contributed by atoms with E-state index in [4.69, 9.17) is 0 Å². The quantitative estimate of drug-likeness (QED) is 0.687. The molecule has 1 aliphatic rings. The maximum absolute atomic E-state index is 11.6. The largest absolute Gasteiger partial charge is 0.368 e. The van der Waals surface area contributed by atoms with Crippen molar-refractivity contribution in [1.29, 1.82) is 0 Å². The van der Waals surface area contributed by atoms with Crippen molar-refractivity contribution in [3.05, 3.63) is 34.5 Å². The van der Waals surface area contributed by atoms with Crippen LogP contribution in [0.3, 0.4) is 0 Å². The van der Waals surface area contributed by atoms with Crippen LogP contribution in [0.1, 0.15) is 30.1 Å². The van der Waals surface area contributed by atoms with E-state index in [1.807, 2.05) is 6.92 Å². The van der Waals surface area contributed by atoms with E-state index in [-0.39, 0.29) is 5.78 Å². The van der Waals surface area contributed by atoms with E-state index in [1.54, 1.807) is 18.2 Å². The van der Waals surface area contributed by atoms with Gasteiger partial charge in [0.2, 0.25) is 0 Å². The van der Waals surface area contributed by atoms with E-state index in [0.29, 0.717) is 22.7 Å². The van der Waals surface area contributed by atoms with Gasteiger partial charge in [0.25, 0.3) is 0 Å². The minimum atomic E-state index is -0.495. The van der Waals surface area contributed by atoms with Crippen molar-refractivity contribution in [1.82, 2.24) is 0 Å². The van der Waals surface area contributed by atoms with E-state index in [0.717, 1.165) is 6.42 Å². The molecule has 0 radical (unpaired) electrons. The van der Waals surface area contributed by atoms with E-state index < -0.39 is 6.03 Å². The molecule has 0 bridgehead atoms. The molecule has 15 heavy (non-hydrogen) atoms. The van der Waals surface area contributed by atoms with Crippen molar-refractivity contribution in [3.63, 3.8) is 0 Å². The van der Waals surface area contributed by atoms with Crippen LogP contribution in [0.15, 0.2) is 28.2 Å². The van der Waals surface area contributed by atoms with Crippen LogP contribution in [0.25, 0.3) is 0 Å². The Kier molecular flexibility index (Phi) is 2.41. The van der Waals surface area contributed by atoms with Crippen molar-refractivity contribution in [3.8, 4) is 0 Å². The highest BCUT2D eigenvalue weighted by Gasteiger charge is 2.08. The molecule has 1 aliphatic heterocycles. The van der Waals surface area contributed by atoms with E-state index in [1.165, 1.54) is 0 Å². The minimum absolute atomic E-state index is 0.0786. The van der Waals surface area contributed by atoms with Crippen LogP contribution in [-0.2, 0) is 0 Å². The van der Waals surface area contributed by atoms with Crippen LogP contribution in [-0.4, -0.2) is 11.8 Å². The van der Waals surface area contributed by atoms with Gasteiger partial charge < -0.3 is 0 Å². The average molecular weight is 202 g/mol. The fourth-order valence-electron chi connectivity index (χ4n) is 1.48. The molecule has 76 valence electrons. The van der Waals surface area contributed by atoms with Crippen LogP contribution in [0.2, 0.25) is 0 Å². The Morgan fingerprint density at radius 1 is 1.27 bits per heavy atom. The topological polar surface area (TPSA) is 58.9 Å². The third-order valence-corrected chi connectivity index (χ3v) is 2.21. The number of fused-ring (bicyclic) bond motifs is 1. The second-order valence-corrected chi connectivity index (χ2v) is 3.38. The molecule has 1 aromatic rings. The summed E-state index contributed by atoms with van der Waals surface area (Å²) >= 11 is 0. The summed E-state index contributed by atoms with van der Waals surface area (Å²) in [5, 5.41) is 1.05. The number of Topliss-reactive ketones (excluding diaryl/α,β-unsaturated/α-hetero) is 1. The highest BCUT2D eigenvalue weighted by Crippen LogP contribution is 2.01. The molecule has 1 aromatic carbocycles. The minimum Gasteiger partial charge on any atom is -0.294 e. The van der Waals surface area contributed by atoms with Crippen LogP contribution in [0.5, 0.6) is 0 Å². The second kappa shape index (κ2) is 3.73. The fraction of sp³-hybridized carbons (Fsp3) is 0.273. The average Bonchev–Trinajstić information content (AvgIpc) is 2.57.